The molecule has 0 aromatic carbocycles. The standard InChI is InChI=1S/C13H13NO2S2/c15-12(6-5-10-3-1-7-17-10)13(16)14-9-11-4-2-8-18-11/h1-4,7-8H,5-6,9H2,(H,14,16). The van der Waals surface area contributed by atoms with Crippen molar-refractivity contribution < 1.29 is 9.59 Å². The maximum Gasteiger partial charge on any atom is 0.287 e. The van der Waals surface area contributed by atoms with E-state index in [-0.39, 0.29) is 12.2 Å². The summed E-state index contributed by atoms with van der Waals surface area (Å²) in [5, 5.41) is 6.55. The average molecular weight is 279 g/mol. The van der Waals surface area contributed by atoms with E-state index >= 15 is 0 Å². The lowest BCUT2D eigenvalue weighted by atomic mass is 10.2. The number of thiophene rings is 2. The zero-order valence-corrected chi connectivity index (χ0v) is 11.4. The van der Waals surface area contributed by atoms with Gasteiger partial charge in [-0.25, -0.2) is 0 Å². The smallest absolute Gasteiger partial charge is 0.287 e. The minimum absolute atomic E-state index is 0.275. The molecule has 5 heteroatoms. The molecule has 2 rings (SSSR count). The molecule has 0 saturated carbocycles. The van der Waals surface area contributed by atoms with Crippen molar-refractivity contribution >= 4 is 34.4 Å². The quantitative estimate of drug-likeness (QED) is 0.826. The third kappa shape index (κ3) is 3.78. The van der Waals surface area contributed by atoms with E-state index in [1.165, 1.54) is 0 Å². The Balaban J connectivity index is 1.73. The fourth-order valence-electron chi connectivity index (χ4n) is 1.48. The van der Waals surface area contributed by atoms with E-state index < -0.39 is 5.91 Å². The van der Waals surface area contributed by atoms with Crippen LogP contribution in [0, 0.1) is 0 Å². The maximum absolute atomic E-state index is 11.6. The lowest BCUT2D eigenvalue weighted by Crippen LogP contribution is -2.30. The second-order valence-corrected chi connectivity index (χ2v) is 5.83. The Kier molecular flexibility index (Phi) is 4.66. The summed E-state index contributed by atoms with van der Waals surface area (Å²) in [4.78, 5) is 25.3. The van der Waals surface area contributed by atoms with E-state index in [2.05, 4.69) is 5.32 Å². The number of nitrogens with one attached hydrogen (secondary N) is 1. The van der Waals surface area contributed by atoms with Gasteiger partial charge in [0.15, 0.2) is 0 Å². The van der Waals surface area contributed by atoms with Crippen LogP contribution in [0.25, 0.3) is 0 Å². The third-order valence-corrected chi connectivity index (χ3v) is 4.25. The van der Waals surface area contributed by atoms with Gasteiger partial charge in [0.2, 0.25) is 5.78 Å². The lowest BCUT2D eigenvalue weighted by Gasteiger charge is -2.02. The molecule has 94 valence electrons. The summed E-state index contributed by atoms with van der Waals surface area (Å²) >= 11 is 3.17. The Labute approximate surface area is 113 Å². The zero-order chi connectivity index (χ0) is 12.8. The highest BCUT2D eigenvalue weighted by Gasteiger charge is 2.13. The molecule has 0 radical (unpaired) electrons. The van der Waals surface area contributed by atoms with Crippen molar-refractivity contribution in [3.63, 3.8) is 0 Å². The molecule has 0 unspecified atom stereocenters. The fourth-order valence-corrected chi connectivity index (χ4v) is 2.84. The number of Topliss-reactive ketones (excluding diaryl/α,β-unsaturated/α-hetero) is 1. The van der Waals surface area contributed by atoms with Gasteiger partial charge < -0.3 is 5.32 Å². The molecule has 2 heterocycles. The van der Waals surface area contributed by atoms with Crippen LogP contribution in [0.2, 0.25) is 0 Å². The first-order chi connectivity index (χ1) is 8.75. The number of aryl methyl sites for hydroxylation is 1. The number of amides is 1. The van der Waals surface area contributed by atoms with Crippen LogP contribution in [0.4, 0.5) is 0 Å². The summed E-state index contributed by atoms with van der Waals surface area (Å²) in [5.74, 6) is -0.833. The predicted molar refractivity (Wildman–Crippen MR) is 73.8 cm³/mol. The summed E-state index contributed by atoms with van der Waals surface area (Å²) in [6.07, 6.45) is 0.916. The van der Waals surface area contributed by atoms with E-state index in [1.54, 1.807) is 22.7 Å². The van der Waals surface area contributed by atoms with Gasteiger partial charge in [0.25, 0.3) is 5.91 Å². The molecular formula is C13H13NO2S2. The average Bonchev–Trinajstić information content (AvgIpc) is 3.05. The second kappa shape index (κ2) is 6.47. The molecule has 0 fully saturated rings. The first-order valence-electron chi connectivity index (χ1n) is 5.61. The third-order valence-electron chi connectivity index (χ3n) is 2.44. The summed E-state index contributed by atoms with van der Waals surface area (Å²) in [6, 6.07) is 7.77. The second-order valence-electron chi connectivity index (χ2n) is 3.76. The van der Waals surface area contributed by atoms with Crippen LogP contribution in [0.15, 0.2) is 35.0 Å². The van der Waals surface area contributed by atoms with Crippen LogP contribution in [-0.4, -0.2) is 11.7 Å². The Bertz CT molecular complexity index is 455. The number of carbonyl (C=O) groups is 2. The van der Waals surface area contributed by atoms with Gasteiger partial charge in [-0.1, -0.05) is 12.1 Å². The Morgan fingerprint density at radius 1 is 1.06 bits per heavy atom. The molecule has 3 nitrogen and oxygen atoms in total. The van der Waals surface area contributed by atoms with E-state index in [4.69, 9.17) is 0 Å². The number of carbonyl (C=O) groups excluding carboxylic acids is 2. The predicted octanol–water partition coefficient (Wildman–Crippen LogP) is 2.63. The highest BCUT2D eigenvalue weighted by atomic mass is 32.1. The Hall–Kier alpha value is -1.46. The molecular weight excluding hydrogens is 266 g/mol. The van der Waals surface area contributed by atoms with Gasteiger partial charge in [-0.15, -0.1) is 22.7 Å². The molecule has 2 aromatic heterocycles. The highest BCUT2D eigenvalue weighted by Crippen LogP contribution is 2.11. The minimum Gasteiger partial charge on any atom is -0.345 e. The monoisotopic (exact) mass is 279 g/mol. The molecule has 2 aromatic rings. The van der Waals surface area contributed by atoms with Crippen molar-refractivity contribution in [2.45, 2.75) is 19.4 Å². The van der Waals surface area contributed by atoms with Gasteiger partial charge in [-0.2, -0.15) is 0 Å². The van der Waals surface area contributed by atoms with Gasteiger partial charge in [0, 0.05) is 16.2 Å². The maximum atomic E-state index is 11.6. The van der Waals surface area contributed by atoms with Crippen molar-refractivity contribution in [2.75, 3.05) is 0 Å². The summed E-state index contributed by atoms with van der Waals surface area (Å²) in [5.41, 5.74) is 0. The fraction of sp³-hybridized carbons (Fsp3) is 0.231. The van der Waals surface area contributed by atoms with Crippen LogP contribution in [0.1, 0.15) is 16.2 Å². The first kappa shape index (κ1) is 13.0. The van der Waals surface area contributed by atoms with Gasteiger partial charge in [-0.05, 0) is 29.3 Å². The molecule has 1 amide bonds. The van der Waals surface area contributed by atoms with E-state index in [0.29, 0.717) is 13.0 Å². The largest absolute Gasteiger partial charge is 0.345 e. The van der Waals surface area contributed by atoms with Gasteiger partial charge in [-0.3, -0.25) is 9.59 Å². The van der Waals surface area contributed by atoms with Gasteiger partial charge in [0.05, 0.1) is 6.54 Å². The number of rotatable bonds is 6. The molecule has 0 spiro atoms. The molecule has 0 bridgehead atoms. The summed E-state index contributed by atoms with van der Waals surface area (Å²) in [7, 11) is 0. The van der Waals surface area contributed by atoms with Crippen molar-refractivity contribution in [3.05, 3.63) is 44.8 Å². The Morgan fingerprint density at radius 2 is 1.72 bits per heavy atom. The van der Waals surface area contributed by atoms with Crippen molar-refractivity contribution in [2.24, 2.45) is 0 Å². The van der Waals surface area contributed by atoms with Crippen molar-refractivity contribution in [1.82, 2.24) is 5.32 Å². The zero-order valence-electron chi connectivity index (χ0n) is 9.72. The number of hydrogen-bond acceptors (Lipinski definition) is 4. The van der Waals surface area contributed by atoms with Crippen LogP contribution >= 0.6 is 22.7 Å². The number of hydrogen-bond donors (Lipinski definition) is 1. The van der Waals surface area contributed by atoms with Crippen molar-refractivity contribution in [3.8, 4) is 0 Å². The lowest BCUT2D eigenvalue weighted by molar-refractivity contribution is -0.138. The number of ketones is 1. The summed E-state index contributed by atoms with van der Waals surface area (Å²) < 4.78 is 0. The van der Waals surface area contributed by atoms with E-state index in [0.717, 1.165) is 9.75 Å². The topological polar surface area (TPSA) is 46.2 Å². The molecule has 0 aliphatic carbocycles. The van der Waals surface area contributed by atoms with Crippen LogP contribution < -0.4 is 5.32 Å². The normalized spacial score (nSPS) is 10.2. The SMILES string of the molecule is O=C(CCc1cccs1)C(=O)NCc1cccs1. The van der Waals surface area contributed by atoms with E-state index in [9.17, 15) is 9.59 Å². The van der Waals surface area contributed by atoms with Gasteiger partial charge >= 0.3 is 0 Å². The minimum atomic E-state index is -0.486. The summed E-state index contributed by atoms with van der Waals surface area (Å²) in [6.45, 7) is 0.432. The Morgan fingerprint density at radius 3 is 2.33 bits per heavy atom. The molecule has 18 heavy (non-hydrogen) atoms. The first-order valence-corrected chi connectivity index (χ1v) is 7.37. The molecule has 0 aliphatic heterocycles. The van der Waals surface area contributed by atoms with Crippen molar-refractivity contribution in [1.29, 1.82) is 0 Å². The molecule has 0 saturated heterocycles. The molecule has 0 atom stereocenters. The van der Waals surface area contributed by atoms with Crippen LogP contribution in [0.5, 0.6) is 0 Å². The highest BCUT2D eigenvalue weighted by molar-refractivity contribution is 7.10. The molecule has 1 N–H and O–H groups in total. The van der Waals surface area contributed by atoms with E-state index in [1.807, 2.05) is 35.0 Å². The van der Waals surface area contributed by atoms with Crippen LogP contribution in [-0.2, 0) is 22.6 Å². The molecule has 0 aliphatic rings. The van der Waals surface area contributed by atoms with Gasteiger partial charge in [0.1, 0.15) is 0 Å². The van der Waals surface area contributed by atoms with Crippen LogP contribution in [0.3, 0.4) is 0 Å².